The number of pyridine rings is 1. The maximum atomic E-state index is 4.71. The number of aryl methyl sites for hydroxylation is 2. The monoisotopic (exact) mass is 352 g/mol. The molecule has 2 aromatic rings. The fourth-order valence-electron chi connectivity index (χ4n) is 3.84. The second-order valence-electron chi connectivity index (χ2n) is 7.36. The van der Waals surface area contributed by atoms with Crippen molar-refractivity contribution in [1.82, 2.24) is 19.9 Å². The summed E-state index contributed by atoms with van der Waals surface area (Å²) < 4.78 is 0. The third-order valence-corrected chi connectivity index (χ3v) is 5.43. The van der Waals surface area contributed by atoms with Crippen LogP contribution in [0.3, 0.4) is 0 Å². The molecule has 0 radical (unpaired) electrons. The number of nitrogens with zero attached hydrogens (tertiary/aromatic N) is 6. The lowest BCUT2D eigenvalue weighted by Crippen LogP contribution is -2.46. The summed E-state index contributed by atoms with van der Waals surface area (Å²) in [7, 11) is 0. The number of hydrogen-bond acceptors (Lipinski definition) is 6. The molecule has 2 fully saturated rings. The summed E-state index contributed by atoms with van der Waals surface area (Å²) in [6, 6.07) is 6.32. The van der Waals surface area contributed by atoms with Crippen LogP contribution in [0.15, 0.2) is 24.4 Å². The van der Waals surface area contributed by atoms with Gasteiger partial charge < -0.3 is 9.80 Å². The highest BCUT2D eigenvalue weighted by molar-refractivity contribution is 5.51. The van der Waals surface area contributed by atoms with Gasteiger partial charge in [0, 0.05) is 58.1 Å². The number of aromatic nitrogens is 3. The van der Waals surface area contributed by atoms with Gasteiger partial charge in [-0.3, -0.25) is 9.88 Å². The van der Waals surface area contributed by atoms with Crippen molar-refractivity contribution in [2.24, 2.45) is 0 Å². The van der Waals surface area contributed by atoms with Crippen molar-refractivity contribution >= 4 is 11.6 Å². The van der Waals surface area contributed by atoms with Gasteiger partial charge in [-0.15, -0.1) is 0 Å². The van der Waals surface area contributed by atoms with Crippen LogP contribution in [-0.2, 0) is 6.54 Å². The molecule has 0 amide bonds. The summed E-state index contributed by atoms with van der Waals surface area (Å²) in [6.45, 7) is 11.4. The zero-order valence-corrected chi connectivity index (χ0v) is 15.9. The van der Waals surface area contributed by atoms with E-state index in [0.29, 0.717) is 0 Å². The van der Waals surface area contributed by atoms with Gasteiger partial charge >= 0.3 is 0 Å². The van der Waals surface area contributed by atoms with Crippen LogP contribution in [-0.4, -0.2) is 59.1 Å². The molecule has 0 aliphatic carbocycles. The normalized spacial score (nSPS) is 18.5. The average molecular weight is 352 g/mol. The largest absolute Gasteiger partial charge is 0.356 e. The summed E-state index contributed by atoms with van der Waals surface area (Å²) >= 11 is 0. The predicted molar refractivity (Wildman–Crippen MR) is 105 cm³/mol. The summed E-state index contributed by atoms with van der Waals surface area (Å²) in [5, 5.41) is 0. The van der Waals surface area contributed by atoms with Crippen LogP contribution in [0.1, 0.15) is 29.9 Å². The molecule has 2 aliphatic rings. The highest BCUT2D eigenvalue weighted by Gasteiger charge is 2.21. The van der Waals surface area contributed by atoms with Crippen molar-refractivity contribution in [1.29, 1.82) is 0 Å². The van der Waals surface area contributed by atoms with Gasteiger partial charge in [0.1, 0.15) is 17.5 Å². The van der Waals surface area contributed by atoms with E-state index in [9.17, 15) is 0 Å². The van der Waals surface area contributed by atoms with Crippen LogP contribution < -0.4 is 9.80 Å². The van der Waals surface area contributed by atoms with Gasteiger partial charge in [-0.05, 0) is 38.3 Å². The quantitative estimate of drug-likeness (QED) is 0.842. The van der Waals surface area contributed by atoms with Gasteiger partial charge in [0.15, 0.2) is 0 Å². The zero-order valence-electron chi connectivity index (χ0n) is 15.9. The Balaban J connectivity index is 1.41. The van der Waals surface area contributed by atoms with E-state index in [0.717, 1.165) is 63.3 Å². The molecule has 4 rings (SSSR count). The first-order valence-corrected chi connectivity index (χ1v) is 9.67. The molecule has 0 saturated carbocycles. The maximum Gasteiger partial charge on any atom is 0.134 e. The third kappa shape index (κ3) is 3.80. The molecule has 2 aliphatic heterocycles. The van der Waals surface area contributed by atoms with Crippen LogP contribution >= 0.6 is 0 Å². The molecule has 0 bridgehead atoms. The van der Waals surface area contributed by atoms with E-state index in [1.807, 2.05) is 19.2 Å². The first kappa shape index (κ1) is 17.2. The van der Waals surface area contributed by atoms with E-state index in [1.54, 1.807) is 0 Å². The standard InChI is InChI=1S/C20H28N6/c1-16-6-5-7-21-18(16)15-24-10-12-26(13-11-24)20-14-19(22-17(2)23-20)25-8-3-4-9-25/h5-7,14H,3-4,8-13,15H2,1-2H3. The van der Waals surface area contributed by atoms with E-state index in [2.05, 4.69) is 43.7 Å². The molecular weight excluding hydrogens is 324 g/mol. The van der Waals surface area contributed by atoms with Crippen LogP contribution in [0.2, 0.25) is 0 Å². The van der Waals surface area contributed by atoms with E-state index in [4.69, 9.17) is 4.98 Å². The lowest BCUT2D eigenvalue weighted by atomic mass is 10.2. The van der Waals surface area contributed by atoms with Crippen molar-refractivity contribution in [2.75, 3.05) is 49.1 Å². The summed E-state index contributed by atoms with van der Waals surface area (Å²) in [5.41, 5.74) is 2.46. The summed E-state index contributed by atoms with van der Waals surface area (Å²) in [5.74, 6) is 3.04. The number of rotatable bonds is 4. The number of hydrogen-bond donors (Lipinski definition) is 0. The van der Waals surface area contributed by atoms with Crippen molar-refractivity contribution in [3.8, 4) is 0 Å². The van der Waals surface area contributed by atoms with E-state index < -0.39 is 0 Å². The highest BCUT2D eigenvalue weighted by Crippen LogP contribution is 2.23. The van der Waals surface area contributed by atoms with Gasteiger partial charge in [0.2, 0.25) is 0 Å². The highest BCUT2D eigenvalue weighted by atomic mass is 15.3. The van der Waals surface area contributed by atoms with E-state index in [-0.39, 0.29) is 0 Å². The second-order valence-corrected chi connectivity index (χ2v) is 7.36. The Morgan fingerprint density at radius 1 is 0.885 bits per heavy atom. The minimum Gasteiger partial charge on any atom is -0.356 e. The lowest BCUT2D eigenvalue weighted by Gasteiger charge is -2.35. The van der Waals surface area contributed by atoms with Gasteiger partial charge in [-0.25, -0.2) is 9.97 Å². The SMILES string of the molecule is Cc1nc(N2CCCC2)cc(N2CCN(Cc3ncccc3C)CC2)n1. The average Bonchev–Trinajstić information content (AvgIpc) is 3.19. The fourth-order valence-corrected chi connectivity index (χ4v) is 3.84. The van der Waals surface area contributed by atoms with Gasteiger partial charge in [-0.2, -0.15) is 0 Å². The smallest absolute Gasteiger partial charge is 0.134 e. The predicted octanol–water partition coefficient (Wildman–Crippen LogP) is 2.41. The first-order valence-electron chi connectivity index (χ1n) is 9.67. The Morgan fingerprint density at radius 3 is 2.19 bits per heavy atom. The molecule has 0 aromatic carbocycles. The van der Waals surface area contributed by atoms with Crippen LogP contribution in [0.5, 0.6) is 0 Å². The molecule has 6 nitrogen and oxygen atoms in total. The third-order valence-electron chi connectivity index (χ3n) is 5.43. The molecular formula is C20H28N6. The van der Waals surface area contributed by atoms with Gasteiger partial charge in [0.25, 0.3) is 0 Å². The second kappa shape index (κ2) is 7.58. The Kier molecular flexibility index (Phi) is 5.02. The van der Waals surface area contributed by atoms with Crippen molar-refractivity contribution in [3.05, 3.63) is 41.5 Å². The maximum absolute atomic E-state index is 4.71. The van der Waals surface area contributed by atoms with Gasteiger partial charge in [-0.1, -0.05) is 6.07 Å². The van der Waals surface area contributed by atoms with Crippen molar-refractivity contribution in [3.63, 3.8) is 0 Å². The van der Waals surface area contributed by atoms with Gasteiger partial charge in [0.05, 0.1) is 5.69 Å². The topological polar surface area (TPSA) is 48.4 Å². The molecule has 26 heavy (non-hydrogen) atoms. The molecule has 0 N–H and O–H groups in total. The Bertz CT molecular complexity index is 748. The Morgan fingerprint density at radius 2 is 1.54 bits per heavy atom. The fraction of sp³-hybridized carbons (Fsp3) is 0.550. The molecule has 2 saturated heterocycles. The first-order chi connectivity index (χ1) is 12.7. The zero-order chi connectivity index (χ0) is 17.9. The lowest BCUT2D eigenvalue weighted by molar-refractivity contribution is 0.246. The van der Waals surface area contributed by atoms with Crippen LogP contribution in [0, 0.1) is 13.8 Å². The van der Waals surface area contributed by atoms with E-state index >= 15 is 0 Å². The minimum atomic E-state index is 0.871. The van der Waals surface area contributed by atoms with Crippen LogP contribution in [0.4, 0.5) is 11.6 Å². The molecule has 138 valence electrons. The van der Waals surface area contributed by atoms with Crippen LogP contribution in [0.25, 0.3) is 0 Å². The molecule has 2 aromatic heterocycles. The summed E-state index contributed by atoms with van der Waals surface area (Å²) in [6.07, 6.45) is 4.43. The number of piperazine rings is 1. The Hall–Kier alpha value is -2.21. The van der Waals surface area contributed by atoms with E-state index in [1.165, 1.54) is 24.1 Å². The number of anilines is 2. The Labute approximate surface area is 155 Å². The molecule has 0 spiro atoms. The molecule has 0 atom stereocenters. The minimum absolute atomic E-state index is 0.871. The van der Waals surface area contributed by atoms with Crippen molar-refractivity contribution in [2.45, 2.75) is 33.2 Å². The van der Waals surface area contributed by atoms with Crippen molar-refractivity contribution < 1.29 is 0 Å². The summed E-state index contributed by atoms with van der Waals surface area (Å²) in [4.78, 5) is 21.2. The molecule has 0 unspecified atom stereocenters. The molecule has 6 heteroatoms. The molecule has 4 heterocycles.